The molecule has 3 aliphatic rings. The van der Waals surface area contributed by atoms with Crippen LogP contribution >= 0.6 is 11.8 Å². The monoisotopic (exact) mass is 494 g/mol. The number of rotatable bonds is 12. The van der Waals surface area contributed by atoms with Crippen LogP contribution in [0.4, 0.5) is 11.8 Å². The number of ether oxygens (including phenoxy) is 5. The zero-order valence-corrected chi connectivity index (χ0v) is 19.4. The third kappa shape index (κ3) is 5.20. The highest BCUT2D eigenvalue weighted by molar-refractivity contribution is 8.03. The van der Waals surface area contributed by atoms with Crippen molar-refractivity contribution in [1.82, 2.24) is 9.97 Å². The second kappa shape index (κ2) is 10.5. The molecule has 0 bridgehead atoms. The van der Waals surface area contributed by atoms with E-state index in [0.717, 1.165) is 12.8 Å². The summed E-state index contributed by atoms with van der Waals surface area (Å²) in [5.74, 6) is 0.256. The van der Waals surface area contributed by atoms with Crippen LogP contribution < -0.4 is 15.4 Å². The summed E-state index contributed by atoms with van der Waals surface area (Å²) in [4.78, 5) is 44.4. The lowest BCUT2D eigenvalue weighted by atomic mass is 9.96. The van der Waals surface area contributed by atoms with Crippen molar-refractivity contribution in [3.63, 3.8) is 0 Å². The first-order valence-electron chi connectivity index (χ1n) is 10.8. The molecule has 2 aliphatic heterocycles. The van der Waals surface area contributed by atoms with E-state index in [-0.39, 0.29) is 19.2 Å². The van der Waals surface area contributed by atoms with Gasteiger partial charge in [0.2, 0.25) is 11.8 Å². The van der Waals surface area contributed by atoms with Crippen LogP contribution in [-0.2, 0) is 33.3 Å². The molecule has 4 atom stereocenters. The van der Waals surface area contributed by atoms with Gasteiger partial charge in [-0.25, -0.2) is 0 Å². The smallest absolute Gasteiger partial charge is 0.303 e. The molecule has 2 N–H and O–H groups in total. The Labute approximate surface area is 200 Å². The molecule has 3 heterocycles. The molecule has 1 aromatic heterocycles. The van der Waals surface area contributed by atoms with Gasteiger partial charge < -0.3 is 29.4 Å². The van der Waals surface area contributed by atoms with E-state index >= 15 is 0 Å². The molecule has 4 rings (SSSR count). The van der Waals surface area contributed by atoms with Gasteiger partial charge in [-0.2, -0.15) is 9.97 Å². The molecular formula is C21H26N4O8S. The molecule has 13 heteroatoms. The van der Waals surface area contributed by atoms with Gasteiger partial charge in [0.05, 0.1) is 30.3 Å². The van der Waals surface area contributed by atoms with Crippen LogP contribution in [0.3, 0.4) is 0 Å². The zero-order chi connectivity index (χ0) is 24.2. The number of nitrogens with zero attached hydrogens (tertiary/aromatic N) is 3. The van der Waals surface area contributed by atoms with Gasteiger partial charge in [-0.15, -0.1) is 0 Å². The normalized spacial score (nSPS) is 25.6. The Morgan fingerprint density at radius 1 is 1.26 bits per heavy atom. The van der Waals surface area contributed by atoms with Crippen molar-refractivity contribution in [3.8, 4) is 5.88 Å². The van der Waals surface area contributed by atoms with Crippen molar-refractivity contribution in [1.29, 1.82) is 0 Å². The topological polar surface area (TPSA) is 152 Å². The van der Waals surface area contributed by atoms with Crippen molar-refractivity contribution in [2.75, 3.05) is 30.5 Å². The highest BCUT2D eigenvalue weighted by Crippen LogP contribution is 2.52. The van der Waals surface area contributed by atoms with Gasteiger partial charge in [-0.3, -0.25) is 19.3 Å². The number of carbonyl (C=O) groups is 3. The van der Waals surface area contributed by atoms with E-state index in [0.29, 0.717) is 53.5 Å². The van der Waals surface area contributed by atoms with Crippen LogP contribution in [0.1, 0.15) is 26.2 Å². The third-order valence-corrected chi connectivity index (χ3v) is 6.69. The molecule has 0 aromatic carbocycles. The second-order valence-corrected chi connectivity index (χ2v) is 9.23. The highest BCUT2D eigenvalue weighted by atomic mass is 32.2. The Morgan fingerprint density at radius 3 is 2.71 bits per heavy atom. The Kier molecular flexibility index (Phi) is 7.41. The van der Waals surface area contributed by atoms with Crippen LogP contribution in [0.25, 0.3) is 0 Å². The summed E-state index contributed by atoms with van der Waals surface area (Å²) < 4.78 is 27.6. The average molecular weight is 495 g/mol. The quantitative estimate of drug-likeness (QED) is 0.192. The number of hydrogen-bond donors (Lipinski definition) is 1. The first kappa shape index (κ1) is 24.1. The Morgan fingerprint density at radius 2 is 2.03 bits per heavy atom. The summed E-state index contributed by atoms with van der Waals surface area (Å²) in [6.07, 6.45) is 0.289. The first-order chi connectivity index (χ1) is 16.4. The number of thioether (sulfide) groups is 1. The lowest BCUT2D eigenvalue weighted by molar-refractivity contribution is -0.151. The molecule has 1 saturated heterocycles. The van der Waals surface area contributed by atoms with E-state index in [9.17, 15) is 14.4 Å². The molecular weight excluding hydrogens is 468 g/mol. The molecule has 2 fully saturated rings. The van der Waals surface area contributed by atoms with E-state index in [4.69, 9.17) is 29.4 Å². The van der Waals surface area contributed by atoms with E-state index in [1.165, 1.54) is 18.7 Å². The van der Waals surface area contributed by atoms with Crippen molar-refractivity contribution in [2.45, 2.75) is 49.5 Å². The van der Waals surface area contributed by atoms with Gasteiger partial charge in [0.1, 0.15) is 11.5 Å². The number of anilines is 2. The molecule has 34 heavy (non-hydrogen) atoms. The van der Waals surface area contributed by atoms with Crippen LogP contribution in [0.2, 0.25) is 0 Å². The van der Waals surface area contributed by atoms with Gasteiger partial charge >= 0.3 is 5.97 Å². The Balaban J connectivity index is 1.65. The van der Waals surface area contributed by atoms with Gasteiger partial charge in [0.25, 0.3) is 12.9 Å². The molecule has 0 unspecified atom stereocenters. The van der Waals surface area contributed by atoms with E-state index in [2.05, 4.69) is 16.5 Å². The third-order valence-electron chi connectivity index (χ3n) is 5.70. The van der Waals surface area contributed by atoms with Crippen LogP contribution in [0.5, 0.6) is 5.88 Å². The van der Waals surface area contributed by atoms with E-state index in [1.807, 2.05) is 0 Å². The van der Waals surface area contributed by atoms with Gasteiger partial charge in [-0.05, 0) is 18.8 Å². The van der Waals surface area contributed by atoms with Gasteiger partial charge in [0, 0.05) is 13.3 Å². The fourth-order valence-corrected chi connectivity index (χ4v) is 4.96. The fraction of sp³-hybridized carbons (Fsp3) is 0.571. The summed E-state index contributed by atoms with van der Waals surface area (Å²) in [5, 5.41) is 0.549. The van der Waals surface area contributed by atoms with Gasteiger partial charge in [0.15, 0.2) is 18.1 Å². The van der Waals surface area contributed by atoms with Crippen molar-refractivity contribution >= 4 is 42.4 Å². The maximum absolute atomic E-state index is 12.0. The van der Waals surface area contributed by atoms with Gasteiger partial charge in [-0.1, -0.05) is 18.3 Å². The minimum Gasteiger partial charge on any atom is -0.476 e. The molecule has 0 radical (unpaired) electrons. The number of fused-ring (bicyclic) bond motifs is 1. The minimum absolute atomic E-state index is 0.0173. The summed E-state index contributed by atoms with van der Waals surface area (Å²) in [6.45, 7) is 6.60. The van der Waals surface area contributed by atoms with Crippen LogP contribution in [0.15, 0.2) is 16.5 Å². The van der Waals surface area contributed by atoms with Crippen LogP contribution in [0, 0.1) is 11.8 Å². The molecule has 0 amide bonds. The standard InChI is InChI=1S/C21H26N4O8S/c1-11-25(18-17(34-11)19(24-21(22)23-18)31-7-13-3-4-13)20-16(32-12(2)28)14(8-30-10-27)15(33-20)5-6-29-9-26/h9-10,13-16,20H,1,3-8H2,2H3,(H2,22,23,24)/t14-,15-,16-,20-/m1/s1. The minimum atomic E-state index is -0.850. The van der Waals surface area contributed by atoms with Crippen LogP contribution in [-0.4, -0.2) is 67.1 Å². The SMILES string of the molecule is C=C1Sc2c(OCC3CC3)nc(N)nc2N1[C@@H]1O[C@H](CCOC=O)[C@@H](COC=O)[C@H]1OC(C)=O. The second-order valence-electron chi connectivity index (χ2n) is 8.15. The van der Waals surface area contributed by atoms with Crippen molar-refractivity contribution in [3.05, 3.63) is 11.6 Å². The molecule has 1 saturated carbocycles. The molecule has 184 valence electrons. The maximum Gasteiger partial charge on any atom is 0.303 e. The fourth-order valence-electron chi connectivity index (χ4n) is 4.01. The van der Waals surface area contributed by atoms with E-state index in [1.54, 1.807) is 4.90 Å². The molecule has 1 aliphatic carbocycles. The Hall–Kier alpha value is -3.06. The predicted molar refractivity (Wildman–Crippen MR) is 118 cm³/mol. The maximum atomic E-state index is 12.0. The summed E-state index contributed by atoms with van der Waals surface area (Å²) in [5.41, 5.74) is 5.97. The lowest BCUT2D eigenvalue weighted by Crippen LogP contribution is -2.44. The van der Waals surface area contributed by atoms with Crippen molar-refractivity contribution in [2.24, 2.45) is 11.8 Å². The molecule has 12 nitrogen and oxygen atoms in total. The first-order valence-corrected chi connectivity index (χ1v) is 11.6. The summed E-state index contributed by atoms with van der Waals surface area (Å²) in [6, 6.07) is 0. The number of esters is 1. The molecule has 1 aromatic rings. The predicted octanol–water partition coefficient (Wildman–Crippen LogP) is 1.24. The lowest BCUT2D eigenvalue weighted by Gasteiger charge is -2.30. The summed E-state index contributed by atoms with van der Waals surface area (Å²) >= 11 is 1.30. The number of nitrogen functional groups attached to an aromatic ring is 1. The van der Waals surface area contributed by atoms with E-state index < -0.39 is 30.3 Å². The highest BCUT2D eigenvalue weighted by Gasteiger charge is 2.52. The number of aromatic nitrogens is 2. The summed E-state index contributed by atoms with van der Waals surface area (Å²) in [7, 11) is 0. The zero-order valence-electron chi connectivity index (χ0n) is 18.6. The molecule has 0 spiro atoms. The Bertz CT molecular complexity index is 959. The largest absolute Gasteiger partial charge is 0.476 e. The number of nitrogens with two attached hydrogens (primary N) is 1. The number of carbonyl (C=O) groups excluding carboxylic acids is 3. The average Bonchev–Trinajstić information content (AvgIpc) is 3.49. The van der Waals surface area contributed by atoms with Crippen molar-refractivity contribution < 1.29 is 38.1 Å². The number of hydrogen-bond acceptors (Lipinski definition) is 13.